The molecule has 0 bridgehead atoms. The number of carbonyl (C=O) groups is 1. The third kappa shape index (κ3) is 4.43. The highest BCUT2D eigenvalue weighted by Gasteiger charge is 2.14. The predicted octanol–water partition coefficient (Wildman–Crippen LogP) is 1.18. The molecule has 0 radical (unpaired) electrons. The zero-order valence-corrected chi connectivity index (χ0v) is 14.1. The molecule has 0 aliphatic rings. The minimum absolute atomic E-state index is 0.225. The van der Waals surface area contributed by atoms with Crippen molar-refractivity contribution in [1.82, 2.24) is 15.0 Å². The smallest absolute Gasteiger partial charge is 0.335 e. The van der Waals surface area contributed by atoms with Crippen LogP contribution in [0.1, 0.15) is 37.3 Å². The number of benzene rings is 1. The molecule has 2 rings (SSSR count). The third-order valence-electron chi connectivity index (χ3n) is 3.52. The fourth-order valence-electron chi connectivity index (χ4n) is 2.22. The van der Waals surface area contributed by atoms with Gasteiger partial charge in [0.1, 0.15) is 5.56 Å². The first kappa shape index (κ1) is 18.2. The average molecular weight is 344 g/mol. The van der Waals surface area contributed by atoms with Crippen molar-refractivity contribution in [2.24, 2.45) is 5.10 Å². The molecule has 8 nitrogen and oxygen atoms in total. The molecule has 0 atom stereocenters. The van der Waals surface area contributed by atoms with E-state index in [1.54, 1.807) is 18.2 Å². The van der Waals surface area contributed by atoms with Crippen molar-refractivity contribution >= 4 is 12.1 Å². The summed E-state index contributed by atoms with van der Waals surface area (Å²) in [5.41, 5.74) is 1.78. The quantitative estimate of drug-likeness (QED) is 0.539. The molecule has 1 aromatic carbocycles. The highest BCUT2D eigenvalue weighted by Crippen LogP contribution is 2.16. The van der Waals surface area contributed by atoms with Gasteiger partial charge in [0.25, 0.3) is 5.56 Å². The molecule has 25 heavy (non-hydrogen) atoms. The molecule has 0 saturated heterocycles. The lowest BCUT2D eigenvalue weighted by atomic mass is 10.2. The summed E-state index contributed by atoms with van der Waals surface area (Å²) in [7, 11) is 0. The van der Waals surface area contributed by atoms with Gasteiger partial charge in [-0.25, -0.2) is 14.8 Å². The Morgan fingerprint density at radius 3 is 2.84 bits per heavy atom. The lowest BCUT2D eigenvalue weighted by molar-refractivity contribution is -0.121. The number of aromatic nitrogens is 2. The molecule has 0 spiro atoms. The second-order valence-electron chi connectivity index (χ2n) is 5.57. The van der Waals surface area contributed by atoms with Gasteiger partial charge in [-0.3, -0.25) is 14.6 Å². The maximum absolute atomic E-state index is 12.1. The van der Waals surface area contributed by atoms with Crippen molar-refractivity contribution in [3.8, 4) is 11.6 Å². The van der Waals surface area contributed by atoms with Gasteiger partial charge in [0, 0.05) is 6.42 Å². The minimum Gasteiger partial charge on any atom is -0.493 e. The topological polar surface area (TPSA) is 117 Å². The van der Waals surface area contributed by atoms with E-state index in [-0.39, 0.29) is 11.5 Å². The Labute approximate surface area is 143 Å². The summed E-state index contributed by atoms with van der Waals surface area (Å²) >= 11 is 0. The van der Waals surface area contributed by atoms with Gasteiger partial charge in [-0.2, -0.15) is 5.10 Å². The highest BCUT2D eigenvalue weighted by atomic mass is 16.3. The third-order valence-corrected chi connectivity index (χ3v) is 3.52. The maximum Gasteiger partial charge on any atom is 0.335 e. The van der Waals surface area contributed by atoms with Gasteiger partial charge in [0.15, 0.2) is 0 Å². The summed E-state index contributed by atoms with van der Waals surface area (Å²) in [4.78, 5) is 37.6. The van der Waals surface area contributed by atoms with E-state index in [1.165, 1.54) is 0 Å². The fraction of sp³-hybridized carbons (Fsp3) is 0.294. The standard InChI is InChI=1S/C17H20N4O4/c1-3-4-8-14(22)20-18-10-13-15(23)19-17(25)21(16(13)24)12-7-5-6-11(2)9-12/h5-7,9-10,24H,3-4,8H2,1-2H3,(H,20,22)(H,19,23,25)/b18-10+. The van der Waals surface area contributed by atoms with Crippen molar-refractivity contribution in [3.63, 3.8) is 0 Å². The first-order chi connectivity index (χ1) is 11.9. The number of H-pyrrole nitrogens is 1. The van der Waals surface area contributed by atoms with E-state index in [9.17, 15) is 19.5 Å². The van der Waals surface area contributed by atoms with E-state index in [2.05, 4.69) is 15.5 Å². The number of aromatic hydroxyl groups is 1. The second kappa shape index (κ2) is 8.09. The Hall–Kier alpha value is -3.16. The van der Waals surface area contributed by atoms with Crippen LogP contribution in [0.15, 0.2) is 39.0 Å². The Morgan fingerprint density at radius 1 is 1.40 bits per heavy atom. The lowest BCUT2D eigenvalue weighted by Gasteiger charge is -2.10. The van der Waals surface area contributed by atoms with E-state index >= 15 is 0 Å². The van der Waals surface area contributed by atoms with Crippen LogP contribution in [0, 0.1) is 6.92 Å². The van der Waals surface area contributed by atoms with Crippen LogP contribution in [-0.4, -0.2) is 26.8 Å². The summed E-state index contributed by atoms with van der Waals surface area (Å²) in [5.74, 6) is -0.841. The van der Waals surface area contributed by atoms with Gasteiger partial charge in [-0.1, -0.05) is 25.5 Å². The van der Waals surface area contributed by atoms with Gasteiger partial charge in [-0.05, 0) is 31.0 Å². The Balaban J connectivity index is 2.37. The number of unbranched alkanes of at least 4 members (excludes halogenated alkanes) is 1. The van der Waals surface area contributed by atoms with Crippen molar-refractivity contribution in [3.05, 3.63) is 56.2 Å². The van der Waals surface area contributed by atoms with Crippen LogP contribution in [0.25, 0.3) is 5.69 Å². The molecule has 0 fully saturated rings. The van der Waals surface area contributed by atoms with Gasteiger partial charge >= 0.3 is 5.69 Å². The molecular weight excluding hydrogens is 324 g/mol. The van der Waals surface area contributed by atoms with Crippen molar-refractivity contribution in [2.75, 3.05) is 0 Å². The summed E-state index contributed by atoms with van der Waals surface area (Å²) in [6.45, 7) is 3.80. The average Bonchev–Trinajstić information content (AvgIpc) is 2.55. The largest absolute Gasteiger partial charge is 0.493 e. The van der Waals surface area contributed by atoms with Crippen LogP contribution in [0.3, 0.4) is 0 Å². The number of amides is 1. The van der Waals surface area contributed by atoms with Crippen molar-refractivity contribution in [1.29, 1.82) is 0 Å². The lowest BCUT2D eigenvalue weighted by Crippen LogP contribution is -2.31. The number of hydrazone groups is 1. The monoisotopic (exact) mass is 344 g/mol. The molecule has 8 heteroatoms. The summed E-state index contributed by atoms with van der Waals surface area (Å²) in [6.07, 6.45) is 2.94. The Bertz CT molecular complexity index is 912. The van der Waals surface area contributed by atoms with Crippen LogP contribution in [-0.2, 0) is 4.79 Å². The summed E-state index contributed by atoms with van der Waals surface area (Å²) in [6, 6.07) is 6.88. The van der Waals surface area contributed by atoms with Gasteiger partial charge in [0.05, 0.1) is 11.9 Å². The first-order valence-corrected chi connectivity index (χ1v) is 7.91. The highest BCUT2D eigenvalue weighted by molar-refractivity contribution is 5.84. The van der Waals surface area contributed by atoms with Gasteiger partial charge in [0.2, 0.25) is 11.8 Å². The molecule has 132 valence electrons. The Kier molecular flexibility index (Phi) is 5.89. The number of nitrogens with one attached hydrogen (secondary N) is 2. The first-order valence-electron chi connectivity index (χ1n) is 7.91. The molecule has 3 N–H and O–H groups in total. The van der Waals surface area contributed by atoms with E-state index in [1.807, 2.05) is 19.9 Å². The van der Waals surface area contributed by atoms with Crippen molar-refractivity contribution in [2.45, 2.75) is 33.1 Å². The number of carbonyl (C=O) groups excluding carboxylic acids is 1. The molecule has 0 saturated carbocycles. The van der Waals surface area contributed by atoms with Crippen LogP contribution in [0.5, 0.6) is 5.88 Å². The van der Waals surface area contributed by atoms with E-state index < -0.39 is 17.1 Å². The Morgan fingerprint density at radius 2 is 2.16 bits per heavy atom. The molecule has 1 aromatic heterocycles. The van der Waals surface area contributed by atoms with Crippen LogP contribution >= 0.6 is 0 Å². The summed E-state index contributed by atoms with van der Waals surface area (Å²) in [5, 5.41) is 14.0. The minimum atomic E-state index is -0.794. The van der Waals surface area contributed by atoms with E-state index in [0.717, 1.165) is 29.2 Å². The van der Waals surface area contributed by atoms with Gasteiger partial charge in [-0.15, -0.1) is 0 Å². The van der Waals surface area contributed by atoms with Crippen LogP contribution in [0.2, 0.25) is 0 Å². The maximum atomic E-state index is 12.1. The number of rotatable bonds is 6. The van der Waals surface area contributed by atoms with E-state index in [4.69, 9.17) is 0 Å². The molecule has 0 unspecified atom stereocenters. The van der Waals surface area contributed by atoms with Crippen LogP contribution < -0.4 is 16.7 Å². The molecule has 1 amide bonds. The van der Waals surface area contributed by atoms with Gasteiger partial charge < -0.3 is 5.11 Å². The number of nitrogens with zero attached hydrogens (tertiary/aromatic N) is 2. The van der Waals surface area contributed by atoms with Crippen LogP contribution in [0.4, 0.5) is 0 Å². The molecule has 0 aliphatic carbocycles. The van der Waals surface area contributed by atoms with E-state index in [0.29, 0.717) is 12.1 Å². The SMILES string of the molecule is CCCCC(=O)N/N=C/c1c(O)n(-c2cccc(C)c2)c(=O)[nH]c1=O. The molecule has 1 heterocycles. The molecular formula is C17H20N4O4. The zero-order chi connectivity index (χ0) is 18.4. The van der Waals surface area contributed by atoms with Crippen molar-refractivity contribution < 1.29 is 9.90 Å². The second-order valence-corrected chi connectivity index (χ2v) is 5.57. The normalized spacial score (nSPS) is 11.0. The number of aromatic amines is 1. The number of aryl methyl sites for hydroxylation is 1. The predicted molar refractivity (Wildman–Crippen MR) is 94.3 cm³/mol. The number of hydrogen-bond acceptors (Lipinski definition) is 5. The molecule has 0 aliphatic heterocycles. The molecule has 2 aromatic rings. The zero-order valence-electron chi connectivity index (χ0n) is 14.1. The summed E-state index contributed by atoms with van der Waals surface area (Å²) < 4.78 is 0.967. The number of hydrogen-bond donors (Lipinski definition) is 3. The fourth-order valence-corrected chi connectivity index (χ4v) is 2.22.